The molecular weight excluding hydrogens is 411 g/mol. The maximum atomic E-state index is 13.0. The van der Waals surface area contributed by atoms with Crippen LogP contribution < -0.4 is 0 Å². The SMILES string of the molecule is COCN(C(=O)c1c[nH]nc1C(F)F)C(C)Cc1c(Cl)cc(Cl)cc1Cl. The van der Waals surface area contributed by atoms with Crippen molar-refractivity contribution in [3.05, 3.63) is 50.2 Å². The van der Waals surface area contributed by atoms with Gasteiger partial charge in [-0.15, -0.1) is 0 Å². The van der Waals surface area contributed by atoms with Gasteiger partial charge in [-0.3, -0.25) is 9.89 Å². The molecule has 0 aliphatic carbocycles. The van der Waals surface area contributed by atoms with Crippen molar-refractivity contribution in [1.29, 1.82) is 0 Å². The lowest BCUT2D eigenvalue weighted by atomic mass is 10.0. The third-order valence-corrected chi connectivity index (χ3v) is 4.67. The number of benzene rings is 1. The Morgan fingerprint density at radius 3 is 2.46 bits per heavy atom. The molecule has 26 heavy (non-hydrogen) atoms. The van der Waals surface area contributed by atoms with E-state index in [4.69, 9.17) is 39.5 Å². The average molecular weight is 427 g/mol. The van der Waals surface area contributed by atoms with Crippen LogP contribution in [0.25, 0.3) is 0 Å². The van der Waals surface area contributed by atoms with E-state index in [2.05, 4.69) is 10.2 Å². The summed E-state index contributed by atoms with van der Waals surface area (Å²) >= 11 is 18.3. The number of carbonyl (C=O) groups is 1. The van der Waals surface area contributed by atoms with Gasteiger partial charge < -0.3 is 9.64 Å². The van der Waals surface area contributed by atoms with Crippen molar-refractivity contribution in [2.45, 2.75) is 25.8 Å². The lowest BCUT2D eigenvalue weighted by Gasteiger charge is -2.29. The zero-order valence-electron chi connectivity index (χ0n) is 13.9. The van der Waals surface area contributed by atoms with Crippen LogP contribution in [-0.2, 0) is 11.2 Å². The summed E-state index contributed by atoms with van der Waals surface area (Å²) in [6.45, 7) is 1.64. The van der Waals surface area contributed by atoms with Crippen LogP contribution in [0.3, 0.4) is 0 Å². The Kier molecular flexibility index (Phi) is 7.23. The number of nitrogens with zero attached hydrogens (tertiary/aromatic N) is 2. The summed E-state index contributed by atoms with van der Waals surface area (Å²) in [7, 11) is 1.40. The van der Waals surface area contributed by atoms with Gasteiger partial charge in [-0.1, -0.05) is 34.8 Å². The molecule has 1 heterocycles. The first-order chi connectivity index (χ1) is 12.3. The number of hydrogen-bond acceptors (Lipinski definition) is 3. The van der Waals surface area contributed by atoms with E-state index in [0.717, 1.165) is 6.20 Å². The molecule has 0 aliphatic rings. The molecule has 1 aromatic carbocycles. The van der Waals surface area contributed by atoms with E-state index in [1.54, 1.807) is 19.1 Å². The fraction of sp³-hybridized carbons (Fsp3) is 0.375. The number of rotatable bonds is 7. The molecule has 1 atom stereocenters. The van der Waals surface area contributed by atoms with Gasteiger partial charge in [0.05, 0.1) is 5.56 Å². The Morgan fingerprint density at radius 2 is 1.92 bits per heavy atom. The summed E-state index contributed by atoms with van der Waals surface area (Å²) in [5.41, 5.74) is -0.219. The minimum Gasteiger partial charge on any atom is -0.364 e. The molecule has 1 N–H and O–H groups in total. The molecule has 0 bridgehead atoms. The standard InChI is InChI=1S/C16H16Cl3F2N3O2/c1-8(3-10-12(18)4-9(17)5-13(10)19)24(7-26-2)16(25)11-6-22-23-14(11)15(20)21/h4-6,8,15H,3,7H2,1-2H3,(H,22,23). The maximum absolute atomic E-state index is 13.0. The predicted octanol–water partition coefficient (Wildman–Crippen LogP) is 4.98. The second-order valence-electron chi connectivity index (χ2n) is 5.58. The number of carbonyl (C=O) groups excluding carboxylic acids is 1. The van der Waals surface area contributed by atoms with Crippen molar-refractivity contribution in [2.24, 2.45) is 0 Å². The number of nitrogens with one attached hydrogen (secondary N) is 1. The fourth-order valence-electron chi connectivity index (χ4n) is 2.49. The number of aromatic amines is 1. The number of alkyl halides is 2. The van der Waals surface area contributed by atoms with E-state index in [1.165, 1.54) is 12.0 Å². The van der Waals surface area contributed by atoms with Gasteiger partial charge in [0.2, 0.25) is 0 Å². The molecule has 0 spiro atoms. The van der Waals surface area contributed by atoms with Crippen molar-refractivity contribution in [2.75, 3.05) is 13.8 Å². The lowest BCUT2D eigenvalue weighted by Crippen LogP contribution is -2.41. The van der Waals surface area contributed by atoms with Crippen molar-refractivity contribution in [1.82, 2.24) is 15.1 Å². The summed E-state index contributed by atoms with van der Waals surface area (Å²) in [5, 5.41) is 6.84. The van der Waals surface area contributed by atoms with E-state index < -0.39 is 24.1 Å². The van der Waals surface area contributed by atoms with E-state index >= 15 is 0 Å². The van der Waals surface area contributed by atoms with Crippen LogP contribution in [0.4, 0.5) is 8.78 Å². The summed E-state index contributed by atoms with van der Waals surface area (Å²) in [5.74, 6) is -0.635. The van der Waals surface area contributed by atoms with Crippen molar-refractivity contribution in [3.63, 3.8) is 0 Å². The molecule has 1 unspecified atom stereocenters. The minimum atomic E-state index is -2.87. The molecule has 5 nitrogen and oxygen atoms in total. The first kappa shape index (κ1) is 20.9. The number of ether oxygens (including phenoxy) is 1. The van der Waals surface area contributed by atoms with Gasteiger partial charge in [-0.25, -0.2) is 8.78 Å². The van der Waals surface area contributed by atoms with Crippen LogP contribution in [-0.4, -0.2) is 40.9 Å². The molecule has 0 aliphatic heterocycles. The Labute approximate surface area is 164 Å². The second-order valence-corrected chi connectivity index (χ2v) is 6.83. The van der Waals surface area contributed by atoms with Gasteiger partial charge in [0.25, 0.3) is 12.3 Å². The first-order valence-electron chi connectivity index (χ1n) is 7.51. The molecule has 0 radical (unpaired) electrons. The summed E-state index contributed by atoms with van der Waals surface area (Å²) in [6, 6.07) is 2.65. The quantitative estimate of drug-likeness (QED) is 0.635. The highest BCUT2D eigenvalue weighted by atomic mass is 35.5. The number of aromatic nitrogens is 2. The second kappa shape index (κ2) is 8.99. The minimum absolute atomic E-state index is 0.101. The Bertz CT molecular complexity index is 763. The van der Waals surface area contributed by atoms with Crippen molar-refractivity contribution >= 4 is 40.7 Å². The number of methoxy groups -OCH3 is 1. The highest BCUT2D eigenvalue weighted by Crippen LogP contribution is 2.31. The van der Waals surface area contributed by atoms with Crippen LogP contribution >= 0.6 is 34.8 Å². The van der Waals surface area contributed by atoms with Gasteiger partial charge in [-0.05, 0) is 31.0 Å². The molecule has 142 valence electrons. The first-order valence-corrected chi connectivity index (χ1v) is 8.64. The van der Waals surface area contributed by atoms with Crippen LogP contribution in [0, 0.1) is 0 Å². The van der Waals surface area contributed by atoms with Gasteiger partial charge >= 0.3 is 0 Å². The van der Waals surface area contributed by atoms with Crippen LogP contribution in [0.2, 0.25) is 15.1 Å². The van der Waals surface area contributed by atoms with Crippen LogP contribution in [0.5, 0.6) is 0 Å². The fourth-order valence-corrected chi connectivity index (χ4v) is 3.46. The zero-order chi connectivity index (χ0) is 19.4. The Hall–Kier alpha value is -1.41. The number of hydrogen-bond donors (Lipinski definition) is 1. The van der Waals surface area contributed by atoms with E-state index in [1.807, 2.05) is 0 Å². The van der Waals surface area contributed by atoms with Crippen molar-refractivity contribution in [3.8, 4) is 0 Å². The predicted molar refractivity (Wildman–Crippen MR) is 96.2 cm³/mol. The maximum Gasteiger partial charge on any atom is 0.282 e. The van der Waals surface area contributed by atoms with Gasteiger partial charge in [-0.2, -0.15) is 5.10 Å². The number of H-pyrrole nitrogens is 1. The molecule has 1 amide bonds. The highest BCUT2D eigenvalue weighted by Gasteiger charge is 2.29. The summed E-state index contributed by atoms with van der Waals surface area (Å²) in [6.07, 6.45) is -1.45. The highest BCUT2D eigenvalue weighted by molar-refractivity contribution is 6.39. The smallest absolute Gasteiger partial charge is 0.282 e. The molecule has 0 fully saturated rings. The molecule has 0 saturated carbocycles. The van der Waals surface area contributed by atoms with Crippen LogP contribution in [0.1, 0.15) is 35.0 Å². The van der Waals surface area contributed by atoms with Crippen molar-refractivity contribution < 1.29 is 18.3 Å². The largest absolute Gasteiger partial charge is 0.364 e. The number of halogens is 5. The third-order valence-electron chi connectivity index (χ3n) is 3.77. The monoisotopic (exact) mass is 425 g/mol. The molecular formula is C16H16Cl3F2N3O2. The molecule has 0 saturated heterocycles. The van der Waals surface area contributed by atoms with E-state index in [9.17, 15) is 13.6 Å². The molecule has 1 aromatic heterocycles. The molecule has 10 heteroatoms. The van der Waals surface area contributed by atoms with Gasteiger partial charge in [0, 0.05) is 34.4 Å². The number of amides is 1. The Balaban J connectivity index is 2.29. The van der Waals surface area contributed by atoms with E-state index in [-0.39, 0.29) is 18.7 Å². The summed E-state index contributed by atoms with van der Waals surface area (Å²) in [4.78, 5) is 14.0. The third kappa shape index (κ3) is 4.65. The summed E-state index contributed by atoms with van der Waals surface area (Å²) < 4.78 is 31.1. The van der Waals surface area contributed by atoms with Gasteiger partial charge in [0.1, 0.15) is 12.4 Å². The van der Waals surface area contributed by atoms with E-state index in [0.29, 0.717) is 20.6 Å². The molecule has 2 aromatic rings. The lowest BCUT2D eigenvalue weighted by molar-refractivity contribution is 0.0279. The Morgan fingerprint density at radius 1 is 1.31 bits per heavy atom. The van der Waals surface area contributed by atoms with Gasteiger partial charge in [0.15, 0.2) is 0 Å². The average Bonchev–Trinajstić information content (AvgIpc) is 3.05. The normalized spacial score (nSPS) is 12.5. The zero-order valence-corrected chi connectivity index (χ0v) is 16.2. The molecule has 2 rings (SSSR count). The van der Waals surface area contributed by atoms with Crippen LogP contribution in [0.15, 0.2) is 18.3 Å². The topological polar surface area (TPSA) is 58.2 Å².